The quantitative estimate of drug-likeness (QED) is 0.876. The molecule has 2 heterocycles. The summed E-state index contributed by atoms with van der Waals surface area (Å²) in [6.45, 7) is 8.97. The van der Waals surface area contributed by atoms with Gasteiger partial charge < -0.3 is 5.73 Å². The number of thiophene rings is 1. The lowest BCUT2D eigenvalue weighted by Gasteiger charge is -2.12. The van der Waals surface area contributed by atoms with Crippen molar-refractivity contribution in [3.63, 3.8) is 0 Å². The Balaban J connectivity index is 2.59. The van der Waals surface area contributed by atoms with Crippen molar-refractivity contribution >= 4 is 16.3 Å². The highest BCUT2D eigenvalue weighted by Crippen LogP contribution is 2.42. The van der Waals surface area contributed by atoms with E-state index in [1.54, 1.807) is 11.3 Å². The predicted octanol–water partition coefficient (Wildman–Crippen LogP) is 4.71. The lowest BCUT2D eigenvalue weighted by Crippen LogP contribution is -2.00. The summed E-state index contributed by atoms with van der Waals surface area (Å²) in [6, 6.07) is 6.01. The Bertz CT molecular complexity index is 541. The lowest BCUT2D eigenvalue weighted by molar-refractivity contribution is 0.642. The van der Waals surface area contributed by atoms with Gasteiger partial charge in [0.1, 0.15) is 0 Å². The van der Waals surface area contributed by atoms with E-state index >= 15 is 0 Å². The van der Waals surface area contributed by atoms with Crippen molar-refractivity contribution in [2.45, 2.75) is 40.0 Å². The monoisotopic (exact) mass is 274 g/mol. The Hall–Kier alpha value is -1.35. The average molecular weight is 274 g/mol. The third-order valence-corrected chi connectivity index (χ3v) is 4.49. The molecule has 102 valence electrons. The van der Waals surface area contributed by atoms with Crippen LogP contribution in [0.25, 0.3) is 11.3 Å². The number of nitrogens with zero attached hydrogens (tertiary/aromatic N) is 1. The first-order valence-electron chi connectivity index (χ1n) is 6.83. The summed E-state index contributed by atoms with van der Waals surface area (Å²) in [5.41, 5.74) is 9.82. The minimum absolute atomic E-state index is 0.513. The maximum atomic E-state index is 6.27. The molecule has 0 aliphatic carbocycles. The molecule has 0 radical (unpaired) electrons. The molecule has 0 amide bonds. The molecule has 2 rings (SSSR count). The fraction of sp³-hybridized carbons (Fsp3) is 0.438. The number of aromatic nitrogens is 1. The second-order valence-corrected chi connectivity index (χ2v) is 6.74. The van der Waals surface area contributed by atoms with Gasteiger partial charge in [0.05, 0.1) is 10.7 Å². The van der Waals surface area contributed by atoms with E-state index in [9.17, 15) is 0 Å². The summed E-state index contributed by atoms with van der Waals surface area (Å²) in [6.07, 6.45) is 2.90. The van der Waals surface area contributed by atoms with Crippen molar-refractivity contribution in [2.24, 2.45) is 5.92 Å². The van der Waals surface area contributed by atoms with Gasteiger partial charge in [0.15, 0.2) is 0 Å². The first kappa shape index (κ1) is 14.1. The van der Waals surface area contributed by atoms with Crippen LogP contribution in [0.4, 0.5) is 5.00 Å². The van der Waals surface area contributed by atoms with Gasteiger partial charge in [-0.3, -0.25) is 4.98 Å². The van der Waals surface area contributed by atoms with Gasteiger partial charge in [-0.05, 0) is 36.0 Å². The largest absolute Gasteiger partial charge is 0.390 e. The maximum absolute atomic E-state index is 6.27. The van der Waals surface area contributed by atoms with E-state index in [0.29, 0.717) is 11.8 Å². The molecule has 0 aliphatic rings. The van der Waals surface area contributed by atoms with Crippen molar-refractivity contribution in [2.75, 3.05) is 5.73 Å². The van der Waals surface area contributed by atoms with Crippen LogP contribution in [-0.2, 0) is 6.42 Å². The number of pyridine rings is 1. The summed E-state index contributed by atoms with van der Waals surface area (Å²) in [4.78, 5) is 5.89. The van der Waals surface area contributed by atoms with Gasteiger partial charge >= 0.3 is 0 Å². The summed E-state index contributed by atoms with van der Waals surface area (Å²) >= 11 is 1.72. The van der Waals surface area contributed by atoms with E-state index in [2.05, 4.69) is 32.7 Å². The molecule has 2 aromatic rings. The number of nitrogen functional groups attached to an aromatic ring is 1. The van der Waals surface area contributed by atoms with Crippen LogP contribution in [0.5, 0.6) is 0 Å². The van der Waals surface area contributed by atoms with Crippen molar-refractivity contribution in [3.05, 3.63) is 34.8 Å². The second-order valence-electron chi connectivity index (χ2n) is 5.65. The Morgan fingerprint density at radius 1 is 1.21 bits per heavy atom. The molecule has 2 nitrogen and oxygen atoms in total. The van der Waals surface area contributed by atoms with Crippen molar-refractivity contribution in [1.82, 2.24) is 4.98 Å². The molecule has 0 unspecified atom stereocenters. The van der Waals surface area contributed by atoms with Crippen LogP contribution >= 0.6 is 11.3 Å². The number of anilines is 1. The van der Waals surface area contributed by atoms with E-state index in [-0.39, 0.29) is 0 Å². The molecule has 0 saturated carbocycles. The molecule has 19 heavy (non-hydrogen) atoms. The molecule has 3 heteroatoms. The van der Waals surface area contributed by atoms with Gasteiger partial charge in [0.2, 0.25) is 0 Å². The first-order chi connectivity index (χ1) is 9.00. The Labute approximate surface area is 119 Å². The summed E-state index contributed by atoms with van der Waals surface area (Å²) in [7, 11) is 0. The first-order valence-corrected chi connectivity index (χ1v) is 7.64. The summed E-state index contributed by atoms with van der Waals surface area (Å²) < 4.78 is 0. The zero-order valence-corrected chi connectivity index (χ0v) is 12.9. The van der Waals surface area contributed by atoms with Gasteiger partial charge in [0, 0.05) is 16.6 Å². The van der Waals surface area contributed by atoms with E-state index in [0.717, 1.165) is 22.7 Å². The van der Waals surface area contributed by atoms with Crippen molar-refractivity contribution in [1.29, 1.82) is 0 Å². The smallest absolute Gasteiger partial charge is 0.0957 e. The third kappa shape index (κ3) is 2.98. The van der Waals surface area contributed by atoms with Crippen molar-refractivity contribution < 1.29 is 0 Å². The molecule has 2 N–H and O–H groups in total. The Morgan fingerprint density at radius 2 is 1.95 bits per heavy atom. The van der Waals surface area contributed by atoms with E-state index in [1.165, 1.54) is 10.4 Å². The molecule has 0 aromatic carbocycles. The minimum Gasteiger partial charge on any atom is -0.390 e. The van der Waals surface area contributed by atoms with Gasteiger partial charge in [-0.1, -0.05) is 33.8 Å². The SMILES string of the molecule is CC(C)Cc1c(C(C)C)sc(N)c1-c1ccccn1. The number of rotatable bonds is 4. The van der Waals surface area contributed by atoms with Gasteiger partial charge in [-0.15, -0.1) is 11.3 Å². The van der Waals surface area contributed by atoms with Crippen molar-refractivity contribution in [3.8, 4) is 11.3 Å². The molecule has 0 spiro atoms. The van der Waals surface area contributed by atoms with E-state index < -0.39 is 0 Å². The fourth-order valence-electron chi connectivity index (χ4n) is 2.37. The molecule has 2 aromatic heterocycles. The Morgan fingerprint density at radius 3 is 2.47 bits per heavy atom. The summed E-state index contributed by atoms with van der Waals surface area (Å²) in [5, 5.41) is 0.901. The maximum Gasteiger partial charge on any atom is 0.0957 e. The van der Waals surface area contributed by atoms with Crippen LogP contribution in [0.2, 0.25) is 0 Å². The molecular formula is C16H22N2S. The van der Waals surface area contributed by atoms with Crippen LogP contribution in [0, 0.1) is 5.92 Å². The van der Waals surface area contributed by atoms with Gasteiger partial charge in [-0.25, -0.2) is 0 Å². The summed E-state index contributed by atoms with van der Waals surface area (Å²) in [5.74, 6) is 1.13. The standard InChI is InChI=1S/C16H22N2S/c1-10(2)9-12-14(13-7-5-6-8-18-13)16(17)19-15(12)11(3)4/h5-8,10-11H,9,17H2,1-4H3. The average Bonchev–Trinajstić information content (AvgIpc) is 2.66. The zero-order valence-electron chi connectivity index (χ0n) is 12.1. The van der Waals surface area contributed by atoms with Crippen LogP contribution in [0.15, 0.2) is 24.4 Å². The minimum atomic E-state index is 0.513. The van der Waals surface area contributed by atoms with E-state index in [1.807, 2.05) is 24.4 Å². The second kappa shape index (κ2) is 5.74. The topological polar surface area (TPSA) is 38.9 Å². The van der Waals surface area contributed by atoms with Crippen LogP contribution in [0.1, 0.15) is 44.1 Å². The zero-order chi connectivity index (χ0) is 14.0. The highest BCUT2D eigenvalue weighted by molar-refractivity contribution is 7.16. The normalized spacial score (nSPS) is 11.5. The predicted molar refractivity (Wildman–Crippen MR) is 84.6 cm³/mol. The third-order valence-electron chi connectivity index (χ3n) is 3.12. The lowest BCUT2D eigenvalue weighted by atomic mass is 9.94. The van der Waals surface area contributed by atoms with Crippen LogP contribution in [-0.4, -0.2) is 4.98 Å². The van der Waals surface area contributed by atoms with Gasteiger partial charge in [0.25, 0.3) is 0 Å². The van der Waals surface area contributed by atoms with Gasteiger partial charge in [-0.2, -0.15) is 0 Å². The Kier molecular flexibility index (Phi) is 4.25. The molecular weight excluding hydrogens is 252 g/mol. The molecule has 0 saturated heterocycles. The highest BCUT2D eigenvalue weighted by atomic mass is 32.1. The highest BCUT2D eigenvalue weighted by Gasteiger charge is 2.21. The molecule has 0 fully saturated rings. The number of hydrogen-bond acceptors (Lipinski definition) is 3. The van der Waals surface area contributed by atoms with Crippen LogP contribution < -0.4 is 5.73 Å². The molecule has 0 atom stereocenters. The number of nitrogens with two attached hydrogens (primary N) is 1. The molecule has 0 bridgehead atoms. The fourth-order valence-corrected chi connectivity index (χ4v) is 3.48. The van der Waals surface area contributed by atoms with Crippen LogP contribution in [0.3, 0.4) is 0 Å². The van der Waals surface area contributed by atoms with E-state index in [4.69, 9.17) is 5.73 Å². The molecule has 0 aliphatic heterocycles. The number of hydrogen-bond donors (Lipinski definition) is 1.